The van der Waals surface area contributed by atoms with Gasteiger partial charge in [0.2, 0.25) is 5.82 Å². The molecule has 2 rings (SSSR count). The summed E-state index contributed by atoms with van der Waals surface area (Å²) < 4.78 is 32.1. The summed E-state index contributed by atoms with van der Waals surface area (Å²) in [6.45, 7) is 0.132. The molecule has 0 radical (unpaired) electrons. The van der Waals surface area contributed by atoms with Crippen LogP contribution >= 0.6 is 0 Å². The number of amides is 1. The number of nitro groups is 1. The number of furan rings is 1. The lowest BCUT2D eigenvalue weighted by molar-refractivity contribution is -0.387. The second kappa shape index (κ2) is 5.70. The van der Waals surface area contributed by atoms with Gasteiger partial charge in [0.1, 0.15) is 5.82 Å². The molecule has 8 heteroatoms. The van der Waals surface area contributed by atoms with Gasteiger partial charge in [-0.05, 0) is 12.1 Å². The summed E-state index contributed by atoms with van der Waals surface area (Å²) in [6.07, 6.45) is 2.83. The van der Waals surface area contributed by atoms with Crippen LogP contribution in [0, 0.1) is 21.7 Å². The van der Waals surface area contributed by atoms with E-state index in [1.54, 1.807) is 6.07 Å². The van der Waals surface area contributed by atoms with Crippen LogP contribution in [0.25, 0.3) is 0 Å². The SMILES string of the molecule is CN(Cc1ccoc1)C(=O)c1cc(F)c([N+](=O)[O-])cc1F. The second-order valence-corrected chi connectivity index (χ2v) is 4.33. The average Bonchev–Trinajstić information content (AvgIpc) is 2.92. The van der Waals surface area contributed by atoms with Crippen molar-refractivity contribution in [2.24, 2.45) is 0 Å². The Balaban J connectivity index is 2.26. The molecule has 6 nitrogen and oxygen atoms in total. The second-order valence-electron chi connectivity index (χ2n) is 4.33. The third-order valence-electron chi connectivity index (χ3n) is 2.81. The van der Waals surface area contributed by atoms with Gasteiger partial charge in [-0.15, -0.1) is 0 Å². The van der Waals surface area contributed by atoms with Crippen molar-refractivity contribution in [3.63, 3.8) is 0 Å². The number of hydrogen-bond acceptors (Lipinski definition) is 4. The fraction of sp³-hybridized carbons (Fsp3) is 0.154. The lowest BCUT2D eigenvalue weighted by atomic mass is 10.1. The van der Waals surface area contributed by atoms with Crippen molar-refractivity contribution < 1.29 is 22.9 Å². The standard InChI is InChI=1S/C13H10F2N2O4/c1-16(6-8-2-3-21-7-8)13(18)9-4-11(15)12(17(19)20)5-10(9)14/h2-5,7H,6H2,1H3. The summed E-state index contributed by atoms with van der Waals surface area (Å²) in [5.74, 6) is -3.20. The first-order valence-corrected chi connectivity index (χ1v) is 5.80. The van der Waals surface area contributed by atoms with Crippen LogP contribution in [-0.2, 0) is 6.54 Å². The zero-order valence-electron chi connectivity index (χ0n) is 10.9. The maximum Gasteiger partial charge on any atom is 0.307 e. The molecule has 1 amide bonds. The van der Waals surface area contributed by atoms with E-state index in [0.717, 1.165) is 4.90 Å². The quantitative estimate of drug-likeness (QED) is 0.642. The number of benzene rings is 1. The summed E-state index contributed by atoms with van der Waals surface area (Å²) in [6, 6.07) is 2.55. The third-order valence-corrected chi connectivity index (χ3v) is 2.81. The number of nitrogens with zero attached hydrogens (tertiary/aromatic N) is 2. The van der Waals surface area contributed by atoms with Crippen molar-refractivity contribution in [1.82, 2.24) is 4.90 Å². The number of rotatable bonds is 4. The fourth-order valence-electron chi connectivity index (χ4n) is 1.77. The molecule has 0 saturated carbocycles. The van der Waals surface area contributed by atoms with Crippen LogP contribution in [0.4, 0.5) is 14.5 Å². The Morgan fingerprint density at radius 2 is 2.10 bits per heavy atom. The van der Waals surface area contributed by atoms with E-state index in [-0.39, 0.29) is 6.54 Å². The van der Waals surface area contributed by atoms with Crippen molar-refractivity contribution in [3.8, 4) is 0 Å². The predicted octanol–water partition coefficient (Wildman–Crippen LogP) is 2.74. The Labute approximate surface area is 117 Å². The molecule has 0 aliphatic heterocycles. The number of carbonyl (C=O) groups excluding carboxylic acids is 1. The molecule has 2 aromatic rings. The van der Waals surface area contributed by atoms with Gasteiger partial charge in [-0.25, -0.2) is 4.39 Å². The van der Waals surface area contributed by atoms with E-state index >= 15 is 0 Å². The van der Waals surface area contributed by atoms with Gasteiger partial charge in [-0.1, -0.05) is 0 Å². The summed E-state index contributed by atoms with van der Waals surface area (Å²) in [5.41, 5.74) is -0.903. The van der Waals surface area contributed by atoms with Crippen LogP contribution in [0.15, 0.2) is 35.1 Å². The van der Waals surface area contributed by atoms with Crippen LogP contribution in [0.5, 0.6) is 0 Å². The first-order chi connectivity index (χ1) is 9.90. The number of hydrogen-bond donors (Lipinski definition) is 0. The number of nitro benzene ring substituents is 1. The van der Waals surface area contributed by atoms with Gasteiger partial charge in [0.05, 0.1) is 29.1 Å². The number of halogens is 2. The van der Waals surface area contributed by atoms with Crippen LogP contribution in [0.1, 0.15) is 15.9 Å². The van der Waals surface area contributed by atoms with Crippen LogP contribution in [-0.4, -0.2) is 22.8 Å². The molecule has 110 valence electrons. The van der Waals surface area contributed by atoms with Crippen molar-refractivity contribution in [3.05, 3.63) is 63.6 Å². The van der Waals surface area contributed by atoms with Gasteiger partial charge in [0.15, 0.2) is 0 Å². The van der Waals surface area contributed by atoms with Crippen LogP contribution < -0.4 is 0 Å². The van der Waals surface area contributed by atoms with E-state index in [0.29, 0.717) is 17.7 Å². The normalized spacial score (nSPS) is 10.4. The molecule has 0 atom stereocenters. The van der Waals surface area contributed by atoms with E-state index in [9.17, 15) is 23.7 Å². The van der Waals surface area contributed by atoms with Crippen LogP contribution in [0.3, 0.4) is 0 Å². The molecule has 0 aliphatic carbocycles. The maximum atomic E-state index is 13.7. The van der Waals surface area contributed by atoms with Crippen molar-refractivity contribution in [2.75, 3.05) is 7.05 Å². The van der Waals surface area contributed by atoms with Crippen molar-refractivity contribution in [1.29, 1.82) is 0 Å². The highest BCUT2D eigenvalue weighted by atomic mass is 19.1. The molecule has 0 N–H and O–H groups in total. The molecule has 1 aromatic carbocycles. The largest absolute Gasteiger partial charge is 0.472 e. The Morgan fingerprint density at radius 3 is 2.67 bits per heavy atom. The topological polar surface area (TPSA) is 76.6 Å². The van der Waals surface area contributed by atoms with E-state index in [4.69, 9.17) is 4.42 Å². The summed E-state index contributed by atoms with van der Waals surface area (Å²) in [7, 11) is 1.40. The smallest absolute Gasteiger partial charge is 0.307 e. The van der Waals surface area contributed by atoms with Gasteiger partial charge in [-0.3, -0.25) is 14.9 Å². The van der Waals surface area contributed by atoms with E-state index in [2.05, 4.69) is 0 Å². The monoisotopic (exact) mass is 296 g/mol. The van der Waals surface area contributed by atoms with E-state index in [1.165, 1.54) is 19.6 Å². The molecule has 0 saturated heterocycles. The highest BCUT2D eigenvalue weighted by molar-refractivity contribution is 5.94. The molecule has 0 spiro atoms. The molecule has 1 aromatic heterocycles. The highest BCUT2D eigenvalue weighted by Crippen LogP contribution is 2.22. The minimum absolute atomic E-state index is 0.132. The van der Waals surface area contributed by atoms with Crippen LogP contribution in [0.2, 0.25) is 0 Å². The zero-order chi connectivity index (χ0) is 15.6. The highest BCUT2D eigenvalue weighted by Gasteiger charge is 2.24. The first-order valence-electron chi connectivity index (χ1n) is 5.80. The molecule has 1 heterocycles. The minimum Gasteiger partial charge on any atom is -0.472 e. The van der Waals surface area contributed by atoms with Crippen molar-refractivity contribution >= 4 is 11.6 Å². The third kappa shape index (κ3) is 3.04. The summed E-state index contributed by atoms with van der Waals surface area (Å²) in [4.78, 5) is 22.6. The fourth-order valence-corrected chi connectivity index (χ4v) is 1.77. The van der Waals surface area contributed by atoms with Gasteiger partial charge in [0.25, 0.3) is 5.91 Å². The van der Waals surface area contributed by atoms with E-state index in [1.807, 2.05) is 0 Å². The molecule has 0 aliphatic rings. The van der Waals surface area contributed by atoms with E-state index < -0.39 is 33.7 Å². The first kappa shape index (κ1) is 14.6. The molecular weight excluding hydrogens is 286 g/mol. The average molecular weight is 296 g/mol. The van der Waals surface area contributed by atoms with Gasteiger partial charge < -0.3 is 9.32 Å². The van der Waals surface area contributed by atoms with Crippen molar-refractivity contribution in [2.45, 2.75) is 6.54 Å². The molecule has 0 fully saturated rings. The Bertz CT molecular complexity index is 686. The number of carbonyl (C=O) groups is 1. The minimum atomic E-state index is -1.26. The molecule has 0 unspecified atom stereocenters. The predicted molar refractivity (Wildman–Crippen MR) is 67.5 cm³/mol. The van der Waals surface area contributed by atoms with Gasteiger partial charge >= 0.3 is 5.69 Å². The summed E-state index contributed by atoms with van der Waals surface area (Å²) >= 11 is 0. The molecule has 0 bridgehead atoms. The molecule has 21 heavy (non-hydrogen) atoms. The zero-order valence-corrected chi connectivity index (χ0v) is 10.9. The van der Waals surface area contributed by atoms with Gasteiger partial charge in [0, 0.05) is 19.2 Å². The Hall–Kier alpha value is -2.77. The Morgan fingerprint density at radius 1 is 1.38 bits per heavy atom. The maximum absolute atomic E-state index is 13.7. The molecular formula is C13H10F2N2O4. The lowest BCUT2D eigenvalue weighted by Crippen LogP contribution is -2.27. The van der Waals surface area contributed by atoms with Gasteiger partial charge in [-0.2, -0.15) is 4.39 Å². The summed E-state index contributed by atoms with van der Waals surface area (Å²) in [5, 5.41) is 10.5. The Kier molecular flexibility index (Phi) is 3.97. The lowest BCUT2D eigenvalue weighted by Gasteiger charge is -2.16.